The number of nitrogens with one attached hydrogen (secondary N) is 1. The summed E-state index contributed by atoms with van der Waals surface area (Å²) in [5.74, 6) is -0.534. The monoisotopic (exact) mass is 301 g/mol. The van der Waals surface area contributed by atoms with Crippen molar-refractivity contribution in [2.24, 2.45) is 0 Å². The van der Waals surface area contributed by atoms with Gasteiger partial charge in [-0.2, -0.15) is 0 Å². The Labute approximate surface area is 126 Å². The summed E-state index contributed by atoms with van der Waals surface area (Å²) >= 11 is 5.96. The number of hydrogen-bond acceptors (Lipinski definition) is 3. The second-order valence-electron chi connectivity index (χ2n) is 4.71. The highest BCUT2D eigenvalue weighted by Crippen LogP contribution is 2.22. The molecule has 3 rings (SSSR count). The molecule has 6 heteroatoms. The van der Waals surface area contributed by atoms with Crippen LogP contribution in [-0.4, -0.2) is 28.2 Å². The highest BCUT2D eigenvalue weighted by molar-refractivity contribution is 6.32. The number of aromatic nitrogens is 1. The van der Waals surface area contributed by atoms with Crippen molar-refractivity contribution in [3.8, 4) is 0 Å². The first-order valence-corrected chi connectivity index (χ1v) is 6.80. The number of hydrogen-bond donors (Lipinski definition) is 1. The number of carbonyl (C=O) groups excluding carboxylic acids is 2. The Kier molecular flexibility index (Phi) is 3.58. The number of halogens is 1. The van der Waals surface area contributed by atoms with Gasteiger partial charge in [0.2, 0.25) is 5.91 Å². The fourth-order valence-electron chi connectivity index (χ4n) is 2.26. The van der Waals surface area contributed by atoms with Gasteiger partial charge in [0.05, 0.1) is 5.56 Å². The molecule has 0 radical (unpaired) electrons. The summed E-state index contributed by atoms with van der Waals surface area (Å²) in [4.78, 5) is 29.8. The second kappa shape index (κ2) is 5.54. The van der Waals surface area contributed by atoms with E-state index in [0.29, 0.717) is 12.1 Å². The molecule has 0 spiro atoms. The molecule has 2 aromatic rings. The predicted octanol–water partition coefficient (Wildman–Crippen LogP) is 2.33. The zero-order valence-corrected chi connectivity index (χ0v) is 11.8. The van der Waals surface area contributed by atoms with Gasteiger partial charge in [-0.25, -0.2) is 4.98 Å². The lowest BCUT2D eigenvalue weighted by Crippen LogP contribution is -2.35. The van der Waals surface area contributed by atoms with Crippen molar-refractivity contribution in [2.45, 2.75) is 6.54 Å². The van der Waals surface area contributed by atoms with Gasteiger partial charge in [-0.05, 0) is 23.8 Å². The van der Waals surface area contributed by atoms with Crippen LogP contribution in [0, 0.1) is 0 Å². The molecule has 1 aromatic carbocycles. The number of nitrogens with zero attached hydrogens (tertiary/aromatic N) is 2. The maximum atomic E-state index is 12.6. The molecule has 106 valence electrons. The highest BCUT2D eigenvalue weighted by Gasteiger charge is 2.25. The van der Waals surface area contributed by atoms with Gasteiger partial charge in [-0.15, -0.1) is 0 Å². The van der Waals surface area contributed by atoms with Crippen LogP contribution in [-0.2, 0) is 11.3 Å². The largest absolute Gasteiger partial charge is 0.325 e. The van der Waals surface area contributed by atoms with Gasteiger partial charge in [-0.3, -0.25) is 9.59 Å². The first kappa shape index (κ1) is 13.6. The Morgan fingerprint density at radius 1 is 1.19 bits per heavy atom. The SMILES string of the molecule is O=C1CN(C(=O)c2cccnc2Cl)Cc2ccccc2N1. The van der Waals surface area contributed by atoms with E-state index in [2.05, 4.69) is 10.3 Å². The number of fused-ring (bicyclic) bond motifs is 1. The molecule has 1 N–H and O–H groups in total. The molecule has 0 aliphatic carbocycles. The third-order valence-corrected chi connectivity index (χ3v) is 3.57. The lowest BCUT2D eigenvalue weighted by atomic mass is 10.1. The van der Waals surface area contributed by atoms with E-state index in [-0.39, 0.29) is 23.5 Å². The number of anilines is 1. The van der Waals surface area contributed by atoms with Gasteiger partial charge >= 0.3 is 0 Å². The van der Waals surface area contributed by atoms with Crippen LogP contribution in [0.15, 0.2) is 42.6 Å². The zero-order valence-electron chi connectivity index (χ0n) is 11.0. The molecule has 2 heterocycles. The molecule has 0 unspecified atom stereocenters. The molecule has 21 heavy (non-hydrogen) atoms. The van der Waals surface area contributed by atoms with Crippen LogP contribution in [0.2, 0.25) is 5.15 Å². The Hall–Kier alpha value is -2.40. The zero-order chi connectivity index (χ0) is 14.8. The molecule has 0 saturated carbocycles. The Balaban J connectivity index is 1.94. The van der Waals surface area contributed by atoms with E-state index in [1.807, 2.05) is 24.3 Å². The Morgan fingerprint density at radius 2 is 2.00 bits per heavy atom. The van der Waals surface area contributed by atoms with Crippen molar-refractivity contribution in [2.75, 3.05) is 11.9 Å². The van der Waals surface area contributed by atoms with Gasteiger partial charge < -0.3 is 10.2 Å². The number of para-hydroxylation sites is 1. The molecular formula is C15H12ClN3O2. The van der Waals surface area contributed by atoms with Crippen molar-refractivity contribution in [3.05, 3.63) is 58.9 Å². The van der Waals surface area contributed by atoms with Crippen LogP contribution < -0.4 is 5.32 Å². The van der Waals surface area contributed by atoms with Crippen molar-refractivity contribution >= 4 is 29.1 Å². The smallest absolute Gasteiger partial charge is 0.257 e. The molecule has 1 aromatic heterocycles. The predicted molar refractivity (Wildman–Crippen MR) is 79.1 cm³/mol. The van der Waals surface area contributed by atoms with Crippen LogP contribution in [0.1, 0.15) is 15.9 Å². The van der Waals surface area contributed by atoms with Gasteiger partial charge in [-0.1, -0.05) is 29.8 Å². The number of pyridine rings is 1. The summed E-state index contributed by atoms with van der Waals surface area (Å²) < 4.78 is 0. The van der Waals surface area contributed by atoms with Crippen molar-refractivity contribution in [3.63, 3.8) is 0 Å². The summed E-state index contributed by atoms with van der Waals surface area (Å²) in [6.07, 6.45) is 1.52. The fourth-order valence-corrected chi connectivity index (χ4v) is 2.46. The van der Waals surface area contributed by atoms with Crippen molar-refractivity contribution in [1.82, 2.24) is 9.88 Å². The number of amides is 2. The van der Waals surface area contributed by atoms with E-state index >= 15 is 0 Å². The van der Waals surface area contributed by atoms with Crippen LogP contribution in [0.4, 0.5) is 5.69 Å². The molecular weight excluding hydrogens is 290 g/mol. The molecule has 0 fully saturated rings. The Bertz CT molecular complexity index is 718. The van der Waals surface area contributed by atoms with Crippen LogP contribution in [0.3, 0.4) is 0 Å². The molecule has 1 aliphatic rings. The minimum absolute atomic E-state index is 0.0151. The van der Waals surface area contributed by atoms with Crippen molar-refractivity contribution < 1.29 is 9.59 Å². The van der Waals surface area contributed by atoms with E-state index < -0.39 is 0 Å². The third-order valence-electron chi connectivity index (χ3n) is 3.26. The quantitative estimate of drug-likeness (QED) is 0.822. The minimum atomic E-state index is -0.306. The lowest BCUT2D eigenvalue weighted by Gasteiger charge is -2.19. The number of rotatable bonds is 1. The standard InChI is InChI=1S/C15H12ClN3O2/c16-14-11(5-3-7-17-14)15(21)19-8-10-4-1-2-6-12(10)18-13(20)9-19/h1-7H,8-9H2,(H,18,20). The van der Waals surface area contributed by atoms with Crippen LogP contribution >= 0.6 is 11.6 Å². The molecule has 0 atom stereocenters. The van der Waals surface area contributed by atoms with E-state index in [1.54, 1.807) is 12.1 Å². The average Bonchev–Trinajstić information content (AvgIpc) is 2.65. The summed E-state index contributed by atoms with van der Waals surface area (Å²) in [6.45, 7) is 0.331. The summed E-state index contributed by atoms with van der Waals surface area (Å²) in [5.41, 5.74) is 1.91. The van der Waals surface area contributed by atoms with E-state index in [4.69, 9.17) is 11.6 Å². The van der Waals surface area contributed by atoms with Crippen LogP contribution in [0.5, 0.6) is 0 Å². The van der Waals surface area contributed by atoms with Gasteiger partial charge in [0.15, 0.2) is 0 Å². The third kappa shape index (κ3) is 2.73. The summed E-state index contributed by atoms with van der Waals surface area (Å²) in [7, 11) is 0. The Morgan fingerprint density at radius 3 is 2.81 bits per heavy atom. The maximum absolute atomic E-state index is 12.6. The molecule has 2 amide bonds. The second-order valence-corrected chi connectivity index (χ2v) is 5.07. The van der Waals surface area contributed by atoms with E-state index in [0.717, 1.165) is 11.3 Å². The first-order valence-electron chi connectivity index (χ1n) is 6.42. The first-order chi connectivity index (χ1) is 10.1. The van der Waals surface area contributed by atoms with E-state index in [9.17, 15) is 9.59 Å². The van der Waals surface area contributed by atoms with Crippen LogP contribution in [0.25, 0.3) is 0 Å². The molecule has 5 nitrogen and oxygen atoms in total. The molecule has 1 aliphatic heterocycles. The van der Waals surface area contributed by atoms with Gasteiger partial charge in [0, 0.05) is 18.4 Å². The average molecular weight is 302 g/mol. The van der Waals surface area contributed by atoms with Gasteiger partial charge in [0.1, 0.15) is 11.7 Å². The van der Waals surface area contributed by atoms with E-state index in [1.165, 1.54) is 11.1 Å². The fraction of sp³-hybridized carbons (Fsp3) is 0.133. The number of carbonyl (C=O) groups is 2. The summed E-state index contributed by atoms with van der Waals surface area (Å²) in [6, 6.07) is 10.7. The minimum Gasteiger partial charge on any atom is -0.325 e. The summed E-state index contributed by atoms with van der Waals surface area (Å²) in [5, 5.41) is 2.93. The molecule has 0 bridgehead atoms. The molecule has 0 saturated heterocycles. The number of benzene rings is 1. The highest BCUT2D eigenvalue weighted by atomic mass is 35.5. The van der Waals surface area contributed by atoms with Gasteiger partial charge in [0.25, 0.3) is 5.91 Å². The maximum Gasteiger partial charge on any atom is 0.257 e. The topological polar surface area (TPSA) is 62.3 Å². The normalized spacial score (nSPS) is 14.1. The van der Waals surface area contributed by atoms with Crippen molar-refractivity contribution in [1.29, 1.82) is 0 Å². The lowest BCUT2D eigenvalue weighted by molar-refractivity contribution is -0.116.